The average Bonchev–Trinajstić information content (AvgIpc) is 2.73. The van der Waals surface area contributed by atoms with Gasteiger partial charge in [0.15, 0.2) is 9.84 Å². The molecule has 0 amide bonds. The van der Waals surface area contributed by atoms with Gasteiger partial charge in [-0.2, -0.15) is 5.10 Å². The third kappa shape index (κ3) is 4.87. The molecular weight excluding hydrogens is 238 g/mol. The highest BCUT2D eigenvalue weighted by molar-refractivity contribution is 7.91. The maximum atomic E-state index is 11.2. The third-order valence-electron chi connectivity index (χ3n) is 2.53. The molecule has 6 heteroatoms. The summed E-state index contributed by atoms with van der Waals surface area (Å²) in [5.74, 6) is 0.394. The molecule has 5 nitrogen and oxygen atoms in total. The van der Waals surface area contributed by atoms with Gasteiger partial charge in [-0.1, -0.05) is 6.92 Å². The first-order valence-corrected chi connectivity index (χ1v) is 7.72. The van der Waals surface area contributed by atoms with Crippen molar-refractivity contribution in [2.75, 3.05) is 18.1 Å². The third-order valence-corrected chi connectivity index (χ3v) is 4.23. The average molecular weight is 259 g/mol. The molecule has 0 radical (unpaired) electrons. The van der Waals surface area contributed by atoms with Crippen LogP contribution in [0.4, 0.5) is 0 Å². The minimum Gasteiger partial charge on any atom is -0.310 e. The zero-order valence-electron chi connectivity index (χ0n) is 10.7. The lowest BCUT2D eigenvalue weighted by atomic mass is 10.4. The monoisotopic (exact) mass is 259 g/mol. The minimum atomic E-state index is -2.87. The van der Waals surface area contributed by atoms with Gasteiger partial charge >= 0.3 is 0 Å². The summed E-state index contributed by atoms with van der Waals surface area (Å²) in [6, 6.07) is 2.30. The molecule has 0 aromatic carbocycles. The largest absolute Gasteiger partial charge is 0.310 e. The molecule has 17 heavy (non-hydrogen) atoms. The lowest BCUT2D eigenvalue weighted by Gasteiger charge is -2.05. The van der Waals surface area contributed by atoms with Crippen LogP contribution in [-0.2, 0) is 16.4 Å². The van der Waals surface area contributed by atoms with Crippen molar-refractivity contribution in [1.29, 1.82) is 0 Å². The number of nitrogens with one attached hydrogen (secondary N) is 1. The van der Waals surface area contributed by atoms with Gasteiger partial charge in [0, 0.05) is 31.1 Å². The SMILES string of the molecule is CCS(=O)(=O)CCNCc1ccn(C(C)C)n1. The van der Waals surface area contributed by atoms with Crippen molar-refractivity contribution in [3.63, 3.8) is 0 Å². The maximum Gasteiger partial charge on any atom is 0.151 e. The van der Waals surface area contributed by atoms with Gasteiger partial charge in [0.1, 0.15) is 0 Å². The minimum absolute atomic E-state index is 0.189. The Balaban J connectivity index is 2.31. The molecule has 0 unspecified atom stereocenters. The summed E-state index contributed by atoms with van der Waals surface area (Å²) >= 11 is 0. The lowest BCUT2D eigenvalue weighted by molar-refractivity contribution is 0.522. The van der Waals surface area contributed by atoms with Crippen molar-refractivity contribution in [2.45, 2.75) is 33.4 Å². The van der Waals surface area contributed by atoms with Gasteiger partial charge in [-0.25, -0.2) is 8.42 Å². The van der Waals surface area contributed by atoms with Gasteiger partial charge in [-0.05, 0) is 19.9 Å². The van der Waals surface area contributed by atoms with Gasteiger partial charge in [0.25, 0.3) is 0 Å². The predicted octanol–water partition coefficient (Wildman–Crippen LogP) is 0.988. The Kier molecular flexibility index (Phi) is 5.14. The van der Waals surface area contributed by atoms with Crippen LogP contribution < -0.4 is 5.32 Å². The van der Waals surface area contributed by atoms with Crippen molar-refractivity contribution >= 4 is 9.84 Å². The number of nitrogens with zero attached hydrogens (tertiary/aromatic N) is 2. The fourth-order valence-corrected chi connectivity index (χ4v) is 2.09. The molecule has 0 aliphatic heterocycles. The van der Waals surface area contributed by atoms with Crippen molar-refractivity contribution in [3.05, 3.63) is 18.0 Å². The van der Waals surface area contributed by atoms with E-state index in [2.05, 4.69) is 24.3 Å². The van der Waals surface area contributed by atoms with Crippen LogP contribution in [0.2, 0.25) is 0 Å². The first-order chi connectivity index (χ1) is 7.94. The second-order valence-corrected chi connectivity index (χ2v) is 6.77. The highest BCUT2D eigenvalue weighted by Crippen LogP contribution is 2.03. The molecule has 0 spiro atoms. The molecule has 0 aliphatic carbocycles. The van der Waals surface area contributed by atoms with E-state index >= 15 is 0 Å². The number of rotatable bonds is 7. The Morgan fingerprint density at radius 2 is 2.18 bits per heavy atom. The molecule has 1 aromatic heterocycles. The highest BCUT2D eigenvalue weighted by atomic mass is 32.2. The molecule has 98 valence electrons. The van der Waals surface area contributed by atoms with Crippen molar-refractivity contribution in [1.82, 2.24) is 15.1 Å². The molecule has 1 N–H and O–H groups in total. The molecule has 1 rings (SSSR count). The standard InChI is InChI=1S/C11H21N3O2S/c1-4-17(15,16)8-6-12-9-11-5-7-14(13-11)10(2)3/h5,7,10,12H,4,6,8-9H2,1-3H3. The summed E-state index contributed by atoms with van der Waals surface area (Å²) < 4.78 is 24.4. The van der Waals surface area contributed by atoms with E-state index < -0.39 is 9.84 Å². The summed E-state index contributed by atoms with van der Waals surface area (Å²) in [6.07, 6.45) is 1.93. The van der Waals surface area contributed by atoms with E-state index in [0.29, 0.717) is 19.1 Å². The van der Waals surface area contributed by atoms with Gasteiger partial charge in [0.05, 0.1) is 11.4 Å². The highest BCUT2D eigenvalue weighted by Gasteiger charge is 2.06. The van der Waals surface area contributed by atoms with Crippen LogP contribution in [-0.4, -0.2) is 36.2 Å². The van der Waals surface area contributed by atoms with Gasteiger partial charge in [-0.3, -0.25) is 4.68 Å². The first-order valence-electron chi connectivity index (χ1n) is 5.90. The zero-order chi connectivity index (χ0) is 12.9. The molecule has 0 fully saturated rings. The van der Waals surface area contributed by atoms with E-state index in [1.807, 2.05) is 16.9 Å². The van der Waals surface area contributed by atoms with Crippen LogP contribution in [0.15, 0.2) is 12.3 Å². The van der Waals surface area contributed by atoms with Crippen LogP contribution in [0.5, 0.6) is 0 Å². The number of hydrogen-bond acceptors (Lipinski definition) is 4. The summed E-state index contributed by atoms with van der Waals surface area (Å²) in [4.78, 5) is 0. The summed E-state index contributed by atoms with van der Waals surface area (Å²) in [6.45, 7) is 6.89. The fraction of sp³-hybridized carbons (Fsp3) is 0.727. The van der Waals surface area contributed by atoms with E-state index in [4.69, 9.17) is 0 Å². The molecule has 0 aliphatic rings. The summed E-state index contributed by atoms with van der Waals surface area (Å²) in [5.41, 5.74) is 0.938. The van der Waals surface area contributed by atoms with E-state index in [1.165, 1.54) is 0 Å². The Bertz CT molecular complexity index is 437. The number of aromatic nitrogens is 2. The van der Waals surface area contributed by atoms with E-state index in [-0.39, 0.29) is 11.5 Å². The van der Waals surface area contributed by atoms with Gasteiger partial charge in [-0.15, -0.1) is 0 Å². The van der Waals surface area contributed by atoms with Crippen molar-refractivity contribution in [2.24, 2.45) is 0 Å². The van der Waals surface area contributed by atoms with E-state index in [0.717, 1.165) is 5.69 Å². The van der Waals surface area contributed by atoms with Gasteiger partial charge < -0.3 is 5.32 Å². The van der Waals surface area contributed by atoms with Crippen LogP contribution >= 0.6 is 0 Å². The molecule has 0 saturated carbocycles. The molecule has 1 aromatic rings. The first kappa shape index (κ1) is 14.2. The topological polar surface area (TPSA) is 64.0 Å². The predicted molar refractivity (Wildman–Crippen MR) is 68.6 cm³/mol. The molecule has 1 heterocycles. The lowest BCUT2D eigenvalue weighted by Crippen LogP contribution is -2.23. The zero-order valence-corrected chi connectivity index (χ0v) is 11.5. The second kappa shape index (κ2) is 6.16. The van der Waals surface area contributed by atoms with Crippen LogP contribution in [0.1, 0.15) is 32.5 Å². The van der Waals surface area contributed by atoms with Crippen LogP contribution in [0.3, 0.4) is 0 Å². The second-order valence-electron chi connectivity index (χ2n) is 4.29. The number of hydrogen-bond donors (Lipinski definition) is 1. The van der Waals surface area contributed by atoms with Crippen molar-refractivity contribution in [3.8, 4) is 0 Å². The smallest absolute Gasteiger partial charge is 0.151 e. The van der Waals surface area contributed by atoms with Crippen LogP contribution in [0.25, 0.3) is 0 Å². The normalized spacial score (nSPS) is 12.2. The summed E-state index contributed by atoms with van der Waals surface area (Å²) in [5, 5.41) is 7.46. The van der Waals surface area contributed by atoms with E-state index in [1.54, 1.807) is 6.92 Å². The molecule has 0 bridgehead atoms. The number of sulfone groups is 1. The van der Waals surface area contributed by atoms with Crippen LogP contribution in [0, 0.1) is 0 Å². The van der Waals surface area contributed by atoms with Crippen molar-refractivity contribution < 1.29 is 8.42 Å². The Hall–Kier alpha value is -0.880. The quantitative estimate of drug-likeness (QED) is 0.742. The van der Waals surface area contributed by atoms with E-state index in [9.17, 15) is 8.42 Å². The molecule has 0 atom stereocenters. The summed E-state index contributed by atoms with van der Waals surface area (Å²) in [7, 11) is -2.87. The maximum absolute atomic E-state index is 11.2. The van der Waals surface area contributed by atoms with Gasteiger partial charge in [0.2, 0.25) is 0 Å². The molecular formula is C11H21N3O2S. The Labute approximate surface area is 103 Å². The Morgan fingerprint density at radius 1 is 1.47 bits per heavy atom. The Morgan fingerprint density at radius 3 is 2.71 bits per heavy atom. The molecule has 0 saturated heterocycles. The fourth-order valence-electron chi connectivity index (χ4n) is 1.35.